The third-order valence-corrected chi connectivity index (χ3v) is 7.19. The molecule has 1 aliphatic carbocycles. The first kappa shape index (κ1) is 21.8. The Morgan fingerprint density at radius 3 is 2.52 bits per heavy atom. The minimum Gasteiger partial charge on any atom is -0.381 e. The van der Waals surface area contributed by atoms with Gasteiger partial charge in [0.25, 0.3) is 11.5 Å². The topological polar surface area (TPSA) is 73.2 Å². The number of rotatable bonds is 6. The Hall–Kier alpha value is -2.99. The number of fused-ring (bicyclic) bond motifs is 1. The first-order chi connectivity index (χ1) is 16.0. The first-order valence-electron chi connectivity index (χ1n) is 12.0. The third kappa shape index (κ3) is 4.58. The van der Waals surface area contributed by atoms with Gasteiger partial charge in [0.15, 0.2) is 0 Å². The van der Waals surface area contributed by atoms with Crippen LogP contribution in [0.25, 0.3) is 10.9 Å². The van der Waals surface area contributed by atoms with Crippen molar-refractivity contribution in [1.29, 1.82) is 0 Å². The monoisotopic (exact) mass is 445 g/mol. The molecule has 0 atom stereocenters. The van der Waals surface area contributed by atoms with Crippen LogP contribution in [-0.4, -0.2) is 35.2 Å². The molecule has 6 heteroatoms. The fourth-order valence-electron chi connectivity index (χ4n) is 4.67. The lowest BCUT2D eigenvalue weighted by Gasteiger charge is -2.24. The summed E-state index contributed by atoms with van der Waals surface area (Å²) in [4.78, 5) is 30.4. The molecule has 1 aliphatic heterocycles. The number of amides is 1. The second kappa shape index (κ2) is 9.10. The van der Waals surface area contributed by atoms with Crippen LogP contribution in [0.5, 0.6) is 0 Å². The van der Waals surface area contributed by atoms with Gasteiger partial charge in [-0.15, -0.1) is 0 Å². The lowest BCUT2D eigenvalue weighted by atomic mass is 9.94. The fraction of sp³-hybridized carbons (Fsp3) is 0.444. The molecule has 33 heavy (non-hydrogen) atoms. The molecule has 3 aromatic rings. The summed E-state index contributed by atoms with van der Waals surface area (Å²) in [5.74, 6) is 0.656. The second-order valence-corrected chi connectivity index (χ2v) is 9.51. The molecule has 1 aromatic heterocycles. The van der Waals surface area contributed by atoms with Gasteiger partial charge >= 0.3 is 0 Å². The molecule has 5 rings (SSSR count). The van der Waals surface area contributed by atoms with Crippen LogP contribution in [0.2, 0.25) is 0 Å². The summed E-state index contributed by atoms with van der Waals surface area (Å²) in [6, 6.07) is 9.95. The largest absolute Gasteiger partial charge is 0.381 e. The third-order valence-electron chi connectivity index (χ3n) is 7.19. The predicted octanol–water partition coefficient (Wildman–Crippen LogP) is 4.10. The molecule has 2 aliphatic rings. The second-order valence-electron chi connectivity index (χ2n) is 9.51. The van der Waals surface area contributed by atoms with Crippen LogP contribution >= 0.6 is 0 Å². The van der Waals surface area contributed by atoms with E-state index >= 15 is 0 Å². The number of ether oxygens (including phenoxy) is 1. The van der Waals surface area contributed by atoms with E-state index in [0.717, 1.165) is 47.2 Å². The molecule has 2 heterocycles. The molecule has 1 saturated heterocycles. The molecule has 1 amide bonds. The van der Waals surface area contributed by atoms with Crippen LogP contribution in [0.1, 0.15) is 64.3 Å². The number of benzene rings is 2. The average Bonchev–Trinajstić information content (AvgIpc) is 3.67. The maximum atomic E-state index is 13.4. The van der Waals surface area contributed by atoms with E-state index in [0.29, 0.717) is 36.5 Å². The number of aryl methyl sites for hydroxylation is 1. The molecule has 0 spiro atoms. The van der Waals surface area contributed by atoms with Crippen molar-refractivity contribution < 1.29 is 9.53 Å². The van der Waals surface area contributed by atoms with Crippen LogP contribution < -0.4 is 10.9 Å². The molecule has 0 bridgehead atoms. The minimum absolute atomic E-state index is 0.00841. The molecule has 2 aromatic carbocycles. The Kier molecular flexibility index (Phi) is 6.02. The summed E-state index contributed by atoms with van der Waals surface area (Å²) < 4.78 is 7.25. The molecule has 1 saturated carbocycles. The van der Waals surface area contributed by atoms with Gasteiger partial charge in [-0.2, -0.15) is 0 Å². The maximum absolute atomic E-state index is 13.4. The van der Waals surface area contributed by atoms with E-state index in [4.69, 9.17) is 4.74 Å². The number of hydrogen-bond acceptors (Lipinski definition) is 4. The van der Waals surface area contributed by atoms with E-state index in [-0.39, 0.29) is 17.5 Å². The highest BCUT2D eigenvalue weighted by atomic mass is 16.5. The SMILES string of the molecule is Cc1c(Cc2ccc(C(=O)NCC3CC3)cc2)cc2c(=O)n(C3CCOCC3)cnc2c1C. The lowest BCUT2D eigenvalue weighted by Crippen LogP contribution is -2.29. The smallest absolute Gasteiger partial charge is 0.261 e. The summed E-state index contributed by atoms with van der Waals surface area (Å²) >= 11 is 0. The summed E-state index contributed by atoms with van der Waals surface area (Å²) in [5.41, 5.74) is 5.94. The molecule has 172 valence electrons. The van der Waals surface area contributed by atoms with E-state index in [2.05, 4.69) is 17.2 Å². The number of aromatic nitrogens is 2. The highest BCUT2D eigenvalue weighted by Crippen LogP contribution is 2.28. The van der Waals surface area contributed by atoms with E-state index in [1.165, 1.54) is 12.8 Å². The van der Waals surface area contributed by atoms with Gasteiger partial charge in [0, 0.05) is 31.4 Å². The highest BCUT2D eigenvalue weighted by Gasteiger charge is 2.22. The van der Waals surface area contributed by atoms with Crippen LogP contribution in [0.3, 0.4) is 0 Å². The van der Waals surface area contributed by atoms with E-state index < -0.39 is 0 Å². The van der Waals surface area contributed by atoms with Gasteiger partial charge in [-0.1, -0.05) is 12.1 Å². The normalized spacial score (nSPS) is 16.8. The maximum Gasteiger partial charge on any atom is 0.261 e. The van der Waals surface area contributed by atoms with E-state index in [1.54, 1.807) is 10.9 Å². The molecule has 2 fully saturated rings. The highest BCUT2D eigenvalue weighted by molar-refractivity contribution is 5.94. The summed E-state index contributed by atoms with van der Waals surface area (Å²) in [6.45, 7) is 6.27. The van der Waals surface area contributed by atoms with Gasteiger partial charge in [-0.05, 0) is 92.3 Å². The number of nitrogens with one attached hydrogen (secondary N) is 1. The molecular weight excluding hydrogens is 414 g/mol. The van der Waals surface area contributed by atoms with Crippen molar-refractivity contribution in [3.63, 3.8) is 0 Å². The minimum atomic E-state index is -0.00841. The van der Waals surface area contributed by atoms with Gasteiger partial charge in [-0.3, -0.25) is 14.2 Å². The van der Waals surface area contributed by atoms with Gasteiger partial charge in [0.2, 0.25) is 0 Å². The fourth-order valence-corrected chi connectivity index (χ4v) is 4.67. The zero-order valence-corrected chi connectivity index (χ0v) is 19.4. The molecule has 0 radical (unpaired) electrons. The Bertz CT molecular complexity index is 1240. The number of carbonyl (C=O) groups excluding carboxylic acids is 1. The Labute approximate surface area is 194 Å². The zero-order valence-electron chi connectivity index (χ0n) is 19.4. The van der Waals surface area contributed by atoms with Crippen molar-refractivity contribution in [3.8, 4) is 0 Å². The van der Waals surface area contributed by atoms with Gasteiger partial charge in [-0.25, -0.2) is 4.98 Å². The van der Waals surface area contributed by atoms with Crippen molar-refractivity contribution in [3.05, 3.63) is 74.8 Å². The predicted molar refractivity (Wildman–Crippen MR) is 129 cm³/mol. The Balaban J connectivity index is 1.41. The average molecular weight is 446 g/mol. The first-order valence-corrected chi connectivity index (χ1v) is 12.0. The van der Waals surface area contributed by atoms with Crippen molar-refractivity contribution >= 4 is 16.8 Å². The number of hydrogen-bond donors (Lipinski definition) is 1. The van der Waals surface area contributed by atoms with Crippen molar-refractivity contribution in [2.45, 2.75) is 52.0 Å². The lowest BCUT2D eigenvalue weighted by molar-refractivity contribution is 0.0685. The van der Waals surface area contributed by atoms with Crippen molar-refractivity contribution in [2.75, 3.05) is 19.8 Å². The van der Waals surface area contributed by atoms with Gasteiger partial charge in [0.05, 0.1) is 17.2 Å². The van der Waals surface area contributed by atoms with E-state index in [1.807, 2.05) is 37.3 Å². The van der Waals surface area contributed by atoms with Crippen LogP contribution in [0.4, 0.5) is 0 Å². The van der Waals surface area contributed by atoms with Crippen LogP contribution in [0, 0.1) is 19.8 Å². The standard InChI is InChI=1S/C27H31N3O3/c1-17-18(2)25-24(27(32)30(16-29-25)23-9-11-33-12-10-23)14-22(17)13-19-5-7-21(8-6-19)26(31)28-15-20-3-4-20/h5-8,14,16,20,23H,3-4,9-13,15H2,1-2H3,(H,28,31). The summed E-state index contributed by atoms with van der Waals surface area (Å²) in [7, 11) is 0. The van der Waals surface area contributed by atoms with Gasteiger partial charge < -0.3 is 10.1 Å². The Morgan fingerprint density at radius 1 is 1.09 bits per heavy atom. The Morgan fingerprint density at radius 2 is 1.82 bits per heavy atom. The van der Waals surface area contributed by atoms with Crippen LogP contribution in [-0.2, 0) is 11.2 Å². The van der Waals surface area contributed by atoms with E-state index in [9.17, 15) is 9.59 Å². The van der Waals surface area contributed by atoms with Crippen molar-refractivity contribution in [2.24, 2.45) is 5.92 Å². The molecule has 0 unspecified atom stereocenters. The number of carbonyl (C=O) groups is 1. The summed E-state index contributed by atoms with van der Waals surface area (Å²) in [6.07, 6.45) is 6.54. The number of nitrogens with zero attached hydrogens (tertiary/aromatic N) is 2. The van der Waals surface area contributed by atoms with Crippen molar-refractivity contribution in [1.82, 2.24) is 14.9 Å². The quantitative estimate of drug-likeness (QED) is 0.620. The van der Waals surface area contributed by atoms with Gasteiger partial charge in [0.1, 0.15) is 0 Å². The molecule has 1 N–H and O–H groups in total. The molecule has 6 nitrogen and oxygen atoms in total. The van der Waals surface area contributed by atoms with Crippen LogP contribution in [0.15, 0.2) is 41.5 Å². The zero-order chi connectivity index (χ0) is 22.9. The molecular formula is C27H31N3O3. The summed E-state index contributed by atoms with van der Waals surface area (Å²) in [5, 5.41) is 3.69.